The number of methoxy groups -OCH3 is 1. The zero-order valence-corrected chi connectivity index (χ0v) is 14.1. The van der Waals surface area contributed by atoms with Gasteiger partial charge in [-0.05, 0) is 44.2 Å². The Morgan fingerprint density at radius 3 is 2.57 bits per heavy atom. The van der Waals surface area contributed by atoms with E-state index in [0.717, 1.165) is 27.2 Å². The molecule has 2 aromatic carbocycles. The fourth-order valence-corrected chi connectivity index (χ4v) is 2.45. The summed E-state index contributed by atoms with van der Waals surface area (Å²) in [4.78, 5) is 0. The van der Waals surface area contributed by atoms with Crippen LogP contribution in [0.1, 0.15) is 19.4 Å². The first-order valence-electron chi connectivity index (χ1n) is 6.92. The molecule has 0 radical (unpaired) electrons. The van der Waals surface area contributed by atoms with Gasteiger partial charge in [-0.3, -0.25) is 0 Å². The molecule has 0 fully saturated rings. The lowest BCUT2D eigenvalue weighted by atomic mass is 10.2. The molecule has 21 heavy (non-hydrogen) atoms. The van der Waals surface area contributed by atoms with Crippen LogP contribution in [0.3, 0.4) is 0 Å². The minimum Gasteiger partial charge on any atom is -0.496 e. The Labute approximate surface area is 134 Å². The number of para-hydroxylation sites is 2. The molecule has 0 saturated carbocycles. The maximum Gasteiger partial charge on any atom is 0.142 e. The number of ether oxygens (including phenoxy) is 2. The molecule has 0 heterocycles. The Morgan fingerprint density at radius 1 is 1.10 bits per heavy atom. The second-order valence-electron chi connectivity index (χ2n) is 4.97. The van der Waals surface area contributed by atoms with E-state index in [4.69, 9.17) is 9.47 Å². The highest BCUT2D eigenvalue weighted by molar-refractivity contribution is 9.10. The minimum absolute atomic E-state index is 0.147. The molecular formula is C17H20BrNO2. The Hall–Kier alpha value is -1.68. The van der Waals surface area contributed by atoms with Crippen molar-refractivity contribution in [2.24, 2.45) is 0 Å². The Bertz CT molecular complexity index is 599. The summed E-state index contributed by atoms with van der Waals surface area (Å²) in [5.74, 6) is 1.73. The molecule has 0 unspecified atom stereocenters. The van der Waals surface area contributed by atoms with Crippen molar-refractivity contribution in [2.45, 2.75) is 26.5 Å². The maximum atomic E-state index is 5.81. The van der Waals surface area contributed by atoms with Crippen LogP contribution in [0.4, 0.5) is 5.69 Å². The van der Waals surface area contributed by atoms with E-state index in [-0.39, 0.29) is 6.10 Å². The molecule has 0 aliphatic rings. The van der Waals surface area contributed by atoms with Gasteiger partial charge < -0.3 is 14.8 Å². The van der Waals surface area contributed by atoms with Crippen LogP contribution in [-0.2, 0) is 6.54 Å². The van der Waals surface area contributed by atoms with E-state index < -0.39 is 0 Å². The van der Waals surface area contributed by atoms with Crippen LogP contribution in [0, 0.1) is 0 Å². The van der Waals surface area contributed by atoms with E-state index in [9.17, 15) is 0 Å². The highest BCUT2D eigenvalue weighted by Crippen LogP contribution is 2.28. The summed E-state index contributed by atoms with van der Waals surface area (Å²) >= 11 is 3.49. The minimum atomic E-state index is 0.147. The van der Waals surface area contributed by atoms with E-state index in [2.05, 4.69) is 27.3 Å². The highest BCUT2D eigenvalue weighted by atomic mass is 79.9. The van der Waals surface area contributed by atoms with Gasteiger partial charge in [0.15, 0.2) is 0 Å². The lowest BCUT2D eigenvalue weighted by Gasteiger charge is -2.16. The maximum absolute atomic E-state index is 5.81. The van der Waals surface area contributed by atoms with Crippen molar-refractivity contribution in [3.05, 3.63) is 52.5 Å². The molecule has 0 saturated heterocycles. The van der Waals surface area contributed by atoms with Crippen molar-refractivity contribution in [1.29, 1.82) is 0 Å². The average molecular weight is 350 g/mol. The summed E-state index contributed by atoms with van der Waals surface area (Å²) in [6.07, 6.45) is 0.147. The van der Waals surface area contributed by atoms with Gasteiger partial charge in [0.25, 0.3) is 0 Å². The molecule has 0 aliphatic carbocycles. The van der Waals surface area contributed by atoms with E-state index in [1.165, 1.54) is 0 Å². The zero-order valence-electron chi connectivity index (χ0n) is 12.5. The number of rotatable bonds is 6. The Balaban J connectivity index is 2.15. The standard InChI is InChI=1S/C17H20BrNO2/c1-12(2)21-17-7-5-4-6-15(17)19-11-13-10-14(18)8-9-16(13)20-3/h4-10,12,19H,11H2,1-3H3. The van der Waals surface area contributed by atoms with Gasteiger partial charge >= 0.3 is 0 Å². The summed E-state index contributed by atoms with van der Waals surface area (Å²) in [5, 5.41) is 3.41. The molecule has 1 N–H and O–H groups in total. The zero-order chi connectivity index (χ0) is 15.2. The molecule has 3 nitrogen and oxygen atoms in total. The van der Waals surface area contributed by atoms with E-state index in [1.54, 1.807) is 7.11 Å². The predicted octanol–water partition coefficient (Wildman–Crippen LogP) is 4.86. The van der Waals surface area contributed by atoms with Crippen molar-refractivity contribution < 1.29 is 9.47 Å². The van der Waals surface area contributed by atoms with Crippen LogP contribution >= 0.6 is 15.9 Å². The summed E-state index contributed by atoms with van der Waals surface area (Å²) < 4.78 is 12.2. The molecule has 0 amide bonds. The van der Waals surface area contributed by atoms with Crippen LogP contribution in [0.5, 0.6) is 11.5 Å². The molecule has 2 aromatic rings. The molecule has 0 spiro atoms. The second kappa shape index (κ2) is 7.36. The quantitative estimate of drug-likeness (QED) is 0.807. The molecule has 0 aromatic heterocycles. The van der Waals surface area contributed by atoms with Gasteiger partial charge in [0.05, 0.1) is 18.9 Å². The normalized spacial score (nSPS) is 10.5. The SMILES string of the molecule is COc1ccc(Br)cc1CNc1ccccc1OC(C)C. The summed E-state index contributed by atoms with van der Waals surface area (Å²) in [5.41, 5.74) is 2.07. The van der Waals surface area contributed by atoms with Crippen LogP contribution in [-0.4, -0.2) is 13.2 Å². The number of halogens is 1. The van der Waals surface area contributed by atoms with Crippen molar-refractivity contribution in [3.63, 3.8) is 0 Å². The lowest BCUT2D eigenvalue weighted by Crippen LogP contribution is -2.09. The second-order valence-corrected chi connectivity index (χ2v) is 5.89. The molecule has 2 rings (SSSR count). The van der Waals surface area contributed by atoms with Crippen molar-refractivity contribution in [2.75, 3.05) is 12.4 Å². The van der Waals surface area contributed by atoms with Crippen molar-refractivity contribution >= 4 is 21.6 Å². The third kappa shape index (κ3) is 4.39. The molecule has 0 atom stereocenters. The van der Waals surface area contributed by atoms with E-state index >= 15 is 0 Å². The number of nitrogens with one attached hydrogen (secondary N) is 1. The Morgan fingerprint density at radius 2 is 1.86 bits per heavy atom. The number of anilines is 1. The van der Waals surface area contributed by atoms with Crippen LogP contribution < -0.4 is 14.8 Å². The number of hydrogen-bond donors (Lipinski definition) is 1. The lowest BCUT2D eigenvalue weighted by molar-refractivity contribution is 0.243. The first kappa shape index (κ1) is 15.7. The average Bonchev–Trinajstić information content (AvgIpc) is 2.46. The monoisotopic (exact) mass is 349 g/mol. The third-order valence-electron chi connectivity index (χ3n) is 2.96. The molecule has 112 valence electrons. The molecule has 0 aliphatic heterocycles. The number of hydrogen-bond acceptors (Lipinski definition) is 3. The molecule has 0 bridgehead atoms. The van der Waals surface area contributed by atoms with Gasteiger partial charge in [-0.15, -0.1) is 0 Å². The smallest absolute Gasteiger partial charge is 0.142 e. The van der Waals surface area contributed by atoms with Crippen molar-refractivity contribution in [3.8, 4) is 11.5 Å². The van der Waals surface area contributed by atoms with E-state index in [0.29, 0.717) is 6.54 Å². The Kier molecular flexibility index (Phi) is 5.51. The summed E-state index contributed by atoms with van der Waals surface area (Å²) in [6.45, 7) is 4.71. The fraction of sp³-hybridized carbons (Fsp3) is 0.294. The summed E-state index contributed by atoms with van der Waals surface area (Å²) in [6, 6.07) is 13.9. The summed E-state index contributed by atoms with van der Waals surface area (Å²) in [7, 11) is 1.68. The van der Waals surface area contributed by atoms with Gasteiger partial charge in [-0.1, -0.05) is 28.1 Å². The fourth-order valence-electron chi connectivity index (χ4n) is 2.05. The molecule has 4 heteroatoms. The van der Waals surface area contributed by atoms with Gasteiger partial charge in [-0.2, -0.15) is 0 Å². The van der Waals surface area contributed by atoms with E-state index in [1.807, 2.05) is 50.2 Å². The number of benzene rings is 2. The first-order chi connectivity index (χ1) is 10.1. The van der Waals surface area contributed by atoms with Crippen LogP contribution in [0.15, 0.2) is 46.9 Å². The van der Waals surface area contributed by atoms with Gasteiger partial charge in [0, 0.05) is 16.6 Å². The molecular weight excluding hydrogens is 330 g/mol. The largest absolute Gasteiger partial charge is 0.496 e. The van der Waals surface area contributed by atoms with Crippen LogP contribution in [0.2, 0.25) is 0 Å². The van der Waals surface area contributed by atoms with Crippen molar-refractivity contribution in [1.82, 2.24) is 0 Å². The van der Waals surface area contributed by atoms with Gasteiger partial charge in [0.1, 0.15) is 11.5 Å². The van der Waals surface area contributed by atoms with Gasteiger partial charge in [-0.25, -0.2) is 0 Å². The predicted molar refractivity (Wildman–Crippen MR) is 90.2 cm³/mol. The first-order valence-corrected chi connectivity index (χ1v) is 7.71. The van der Waals surface area contributed by atoms with Gasteiger partial charge in [0.2, 0.25) is 0 Å². The third-order valence-corrected chi connectivity index (χ3v) is 3.45. The van der Waals surface area contributed by atoms with Crippen LogP contribution in [0.25, 0.3) is 0 Å². The highest BCUT2D eigenvalue weighted by Gasteiger charge is 2.07. The topological polar surface area (TPSA) is 30.5 Å².